The summed E-state index contributed by atoms with van der Waals surface area (Å²) in [4.78, 5) is 2.52. The number of ether oxygens (including phenoxy) is 1. The van der Waals surface area contributed by atoms with Crippen molar-refractivity contribution in [1.29, 1.82) is 0 Å². The summed E-state index contributed by atoms with van der Waals surface area (Å²) < 4.78 is 5.79. The fourth-order valence-corrected chi connectivity index (χ4v) is 2.57. The summed E-state index contributed by atoms with van der Waals surface area (Å²) in [6.45, 7) is 6.58. The zero-order valence-electron chi connectivity index (χ0n) is 11.8. The summed E-state index contributed by atoms with van der Waals surface area (Å²) in [7, 11) is 0. The minimum absolute atomic E-state index is 0.783. The van der Waals surface area contributed by atoms with Crippen molar-refractivity contribution in [2.24, 2.45) is 0 Å². The standard InChI is InChI=1S/C15H22N4O/c1(7-19-8-5-16-6-9-19)2-10-20-14-4-3-13-12-17-18-15(13)11-14/h3-4,11-12,16H,1-2,5-10H2,(H,17,18). The first-order valence-electron chi connectivity index (χ1n) is 7.41. The Labute approximate surface area is 119 Å². The van der Waals surface area contributed by atoms with Gasteiger partial charge in [-0.1, -0.05) is 0 Å². The highest BCUT2D eigenvalue weighted by Crippen LogP contribution is 2.18. The Morgan fingerprint density at radius 3 is 3.00 bits per heavy atom. The van der Waals surface area contributed by atoms with E-state index in [4.69, 9.17) is 4.74 Å². The number of fused-ring (bicyclic) bond motifs is 1. The Kier molecular flexibility index (Phi) is 4.50. The van der Waals surface area contributed by atoms with E-state index >= 15 is 0 Å². The summed E-state index contributed by atoms with van der Waals surface area (Å²) >= 11 is 0. The maximum atomic E-state index is 5.79. The second kappa shape index (κ2) is 6.72. The lowest BCUT2D eigenvalue weighted by Crippen LogP contribution is -2.43. The Morgan fingerprint density at radius 2 is 2.10 bits per heavy atom. The normalized spacial score (nSPS) is 16.6. The molecule has 5 nitrogen and oxygen atoms in total. The van der Waals surface area contributed by atoms with Gasteiger partial charge in [-0.3, -0.25) is 5.10 Å². The third kappa shape index (κ3) is 3.49. The van der Waals surface area contributed by atoms with E-state index in [1.165, 1.54) is 26.1 Å². The summed E-state index contributed by atoms with van der Waals surface area (Å²) in [6.07, 6.45) is 4.13. The number of hydrogen-bond acceptors (Lipinski definition) is 4. The fourth-order valence-electron chi connectivity index (χ4n) is 2.57. The van der Waals surface area contributed by atoms with Crippen LogP contribution in [0.15, 0.2) is 24.4 Å². The van der Waals surface area contributed by atoms with Crippen LogP contribution in [0.1, 0.15) is 12.8 Å². The van der Waals surface area contributed by atoms with Gasteiger partial charge >= 0.3 is 0 Å². The molecule has 0 radical (unpaired) electrons. The average Bonchev–Trinajstić information content (AvgIpc) is 2.95. The Bertz CT molecular complexity index is 533. The molecule has 5 heteroatoms. The summed E-state index contributed by atoms with van der Waals surface area (Å²) in [5.41, 5.74) is 1.03. The van der Waals surface area contributed by atoms with E-state index in [1.807, 2.05) is 24.4 Å². The van der Waals surface area contributed by atoms with Crippen molar-refractivity contribution in [3.8, 4) is 5.75 Å². The van der Waals surface area contributed by atoms with Gasteiger partial charge in [0, 0.05) is 37.6 Å². The molecule has 1 fully saturated rings. The molecule has 0 amide bonds. The highest BCUT2D eigenvalue weighted by atomic mass is 16.5. The summed E-state index contributed by atoms with van der Waals surface area (Å²) in [5.74, 6) is 0.920. The number of H-pyrrole nitrogens is 1. The predicted octanol–water partition coefficient (Wildman–Crippen LogP) is 1.63. The largest absolute Gasteiger partial charge is 0.494 e. The van der Waals surface area contributed by atoms with E-state index < -0.39 is 0 Å². The highest BCUT2D eigenvalue weighted by molar-refractivity contribution is 5.79. The predicted molar refractivity (Wildman–Crippen MR) is 80.1 cm³/mol. The Morgan fingerprint density at radius 1 is 1.20 bits per heavy atom. The molecule has 2 aromatic rings. The van der Waals surface area contributed by atoms with E-state index in [9.17, 15) is 0 Å². The lowest BCUT2D eigenvalue weighted by Gasteiger charge is -2.26. The third-order valence-electron chi connectivity index (χ3n) is 3.76. The van der Waals surface area contributed by atoms with E-state index in [0.29, 0.717) is 0 Å². The first kappa shape index (κ1) is 13.4. The smallest absolute Gasteiger partial charge is 0.121 e. The number of rotatable bonds is 6. The van der Waals surface area contributed by atoms with Crippen molar-refractivity contribution in [3.63, 3.8) is 0 Å². The van der Waals surface area contributed by atoms with Gasteiger partial charge in [0.1, 0.15) is 5.75 Å². The summed E-state index contributed by atoms with van der Waals surface area (Å²) in [5, 5.41) is 11.5. The van der Waals surface area contributed by atoms with Crippen LogP contribution in [-0.4, -0.2) is 54.4 Å². The molecular formula is C15H22N4O. The molecule has 0 unspecified atom stereocenters. The van der Waals surface area contributed by atoms with Gasteiger partial charge in [-0.2, -0.15) is 5.10 Å². The lowest BCUT2D eigenvalue weighted by atomic mass is 10.2. The highest BCUT2D eigenvalue weighted by Gasteiger charge is 2.08. The number of nitrogens with one attached hydrogen (secondary N) is 2. The van der Waals surface area contributed by atoms with Crippen LogP contribution in [0.4, 0.5) is 0 Å². The number of hydrogen-bond donors (Lipinski definition) is 2. The van der Waals surface area contributed by atoms with E-state index in [1.54, 1.807) is 0 Å². The number of nitrogens with zero attached hydrogens (tertiary/aromatic N) is 2. The maximum Gasteiger partial charge on any atom is 0.121 e. The van der Waals surface area contributed by atoms with Gasteiger partial charge in [0.25, 0.3) is 0 Å². The van der Waals surface area contributed by atoms with Crippen molar-refractivity contribution in [3.05, 3.63) is 24.4 Å². The molecule has 1 aromatic carbocycles. The molecule has 108 valence electrons. The van der Waals surface area contributed by atoms with Gasteiger partial charge in [0.2, 0.25) is 0 Å². The quantitative estimate of drug-likeness (QED) is 0.786. The molecule has 2 N–H and O–H groups in total. The van der Waals surface area contributed by atoms with Gasteiger partial charge in [-0.05, 0) is 31.5 Å². The topological polar surface area (TPSA) is 53.2 Å². The molecule has 0 saturated carbocycles. The van der Waals surface area contributed by atoms with Crippen LogP contribution in [0.2, 0.25) is 0 Å². The number of piperazine rings is 1. The molecule has 0 atom stereocenters. The Balaban J connectivity index is 1.36. The second-order valence-electron chi connectivity index (χ2n) is 5.27. The molecule has 3 rings (SSSR count). The molecule has 0 bridgehead atoms. The number of aromatic amines is 1. The van der Waals surface area contributed by atoms with Gasteiger partial charge in [0.05, 0.1) is 18.3 Å². The van der Waals surface area contributed by atoms with Crippen LogP contribution in [-0.2, 0) is 0 Å². The monoisotopic (exact) mass is 274 g/mol. The van der Waals surface area contributed by atoms with Crippen LogP contribution in [0.5, 0.6) is 5.75 Å². The first-order valence-corrected chi connectivity index (χ1v) is 7.41. The average molecular weight is 274 g/mol. The molecule has 0 aliphatic carbocycles. The maximum absolute atomic E-state index is 5.79. The van der Waals surface area contributed by atoms with Crippen LogP contribution in [0.25, 0.3) is 10.9 Å². The van der Waals surface area contributed by atoms with Crippen LogP contribution in [0.3, 0.4) is 0 Å². The molecule has 1 aromatic heterocycles. The van der Waals surface area contributed by atoms with Crippen LogP contribution in [0, 0.1) is 0 Å². The molecular weight excluding hydrogens is 252 g/mol. The van der Waals surface area contributed by atoms with Gasteiger partial charge in [-0.25, -0.2) is 0 Å². The number of unbranched alkanes of at least 4 members (excludes halogenated alkanes) is 1. The van der Waals surface area contributed by atoms with Crippen molar-refractivity contribution in [1.82, 2.24) is 20.4 Å². The lowest BCUT2D eigenvalue weighted by molar-refractivity contribution is 0.226. The van der Waals surface area contributed by atoms with Gasteiger partial charge < -0.3 is 15.0 Å². The van der Waals surface area contributed by atoms with Crippen LogP contribution < -0.4 is 10.1 Å². The molecule has 2 heterocycles. The second-order valence-corrected chi connectivity index (χ2v) is 5.27. The van der Waals surface area contributed by atoms with Crippen LogP contribution >= 0.6 is 0 Å². The minimum Gasteiger partial charge on any atom is -0.494 e. The molecule has 0 spiro atoms. The molecule has 1 aliphatic heterocycles. The van der Waals surface area contributed by atoms with Gasteiger partial charge in [-0.15, -0.1) is 0 Å². The van der Waals surface area contributed by atoms with E-state index in [-0.39, 0.29) is 0 Å². The molecule has 1 aliphatic rings. The Hall–Kier alpha value is -1.59. The fraction of sp³-hybridized carbons (Fsp3) is 0.533. The van der Waals surface area contributed by atoms with E-state index in [2.05, 4.69) is 20.4 Å². The van der Waals surface area contributed by atoms with Crippen molar-refractivity contribution >= 4 is 10.9 Å². The first-order chi connectivity index (χ1) is 9.92. The van der Waals surface area contributed by atoms with Crippen molar-refractivity contribution in [2.75, 3.05) is 39.3 Å². The SMILES string of the molecule is c1cc2cn[nH]c2cc1OCCCCN1CCNCC1. The third-order valence-corrected chi connectivity index (χ3v) is 3.76. The van der Waals surface area contributed by atoms with Crippen molar-refractivity contribution in [2.45, 2.75) is 12.8 Å². The van der Waals surface area contributed by atoms with E-state index in [0.717, 1.165) is 42.8 Å². The molecule has 20 heavy (non-hydrogen) atoms. The zero-order chi connectivity index (χ0) is 13.6. The van der Waals surface area contributed by atoms with Gasteiger partial charge in [0.15, 0.2) is 0 Å². The number of benzene rings is 1. The summed E-state index contributed by atoms with van der Waals surface area (Å²) in [6, 6.07) is 6.06. The van der Waals surface area contributed by atoms with Crippen molar-refractivity contribution < 1.29 is 4.74 Å². The number of aromatic nitrogens is 2. The molecule has 1 saturated heterocycles. The minimum atomic E-state index is 0.783. The zero-order valence-corrected chi connectivity index (χ0v) is 11.8.